The van der Waals surface area contributed by atoms with Crippen molar-refractivity contribution < 1.29 is 8.78 Å². The summed E-state index contributed by atoms with van der Waals surface area (Å²) in [6, 6.07) is 3.86. The molecule has 0 aliphatic heterocycles. The summed E-state index contributed by atoms with van der Waals surface area (Å²) in [5.74, 6) is -1.78. The number of aromatic amines is 1. The topological polar surface area (TPSA) is 83.8 Å². The van der Waals surface area contributed by atoms with Gasteiger partial charge in [-0.15, -0.1) is 0 Å². The lowest BCUT2D eigenvalue weighted by molar-refractivity contribution is -0.0443. The maximum Gasteiger partial charge on any atom is 0.248 e. The summed E-state index contributed by atoms with van der Waals surface area (Å²) in [5, 5.41) is 8.73. The Balaban J connectivity index is 1.35. The molecule has 1 aliphatic rings. The van der Waals surface area contributed by atoms with Gasteiger partial charge in [-0.05, 0) is 37.8 Å². The zero-order valence-corrected chi connectivity index (χ0v) is 16.0. The number of fused-ring (bicyclic) bond motifs is 2. The van der Waals surface area contributed by atoms with Crippen LogP contribution in [-0.2, 0) is 0 Å². The number of hydrogen-bond donors (Lipinski definition) is 2. The predicted octanol–water partition coefficient (Wildman–Crippen LogP) is 4.21. The largest absolute Gasteiger partial charge is 0.354 e. The zero-order chi connectivity index (χ0) is 20.0. The van der Waals surface area contributed by atoms with Crippen molar-refractivity contribution in [2.24, 2.45) is 5.92 Å². The number of imidazole rings is 1. The quantitative estimate of drug-likeness (QED) is 0.539. The second-order valence-electron chi connectivity index (χ2n) is 7.73. The molecule has 9 heteroatoms. The molecule has 5 rings (SSSR count). The van der Waals surface area contributed by atoms with E-state index in [1.54, 1.807) is 16.9 Å². The molecule has 1 aliphatic carbocycles. The maximum absolute atomic E-state index is 13.3. The molecule has 4 heterocycles. The van der Waals surface area contributed by atoms with Gasteiger partial charge in [0.1, 0.15) is 5.65 Å². The molecule has 0 amide bonds. The summed E-state index contributed by atoms with van der Waals surface area (Å²) >= 11 is 0. The van der Waals surface area contributed by atoms with Gasteiger partial charge in [0.2, 0.25) is 11.9 Å². The first kappa shape index (κ1) is 18.0. The molecule has 29 heavy (non-hydrogen) atoms. The number of H-pyrrole nitrogens is 1. The van der Waals surface area contributed by atoms with Gasteiger partial charge in [-0.2, -0.15) is 10.1 Å². The minimum absolute atomic E-state index is 0.0348. The van der Waals surface area contributed by atoms with Crippen molar-refractivity contribution in [3.05, 3.63) is 36.4 Å². The van der Waals surface area contributed by atoms with Gasteiger partial charge >= 0.3 is 0 Å². The van der Waals surface area contributed by atoms with Crippen molar-refractivity contribution >= 4 is 22.6 Å². The number of aryl methyl sites for hydroxylation is 1. The molecule has 0 spiro atoms. The number of hydrogen-bond acceptors (Lipinski definition) is 5. The van der Waals surface area contributed by atoms with Crippen LogP contribution in [0.5, 0.6) is 0 Å². The first-order chi connectivity index (χ1) is 14.0. The first-order valence-electron chi connectivity index (χ1n) is 9.76. The van der Waals surface area contributed by atoms with Gasteiger partial charge in [-0.25, -0.2) is 23.3 Å². The fourth-order valence-electron chi connectivity index (χ4n) is 3.88. The van der Waals surface area contributed by atoms with E-state index in [1.807, 2.05) is 25.3 Å². The normalized spacial score (nSPS) is 17.2. The van der Waals surface area contributed by atoms with Crippen molar-refractivity contribution in [1.82, 2.24) is 29.5 Å². The lowest BCUT2D eigenvalue weighted by Crippen LogP contribution is -2.28. The van der Waals surface area contributed by atoms with Crippen LogP contribution in [0.25, 0.3) is 27.9 Å². The third-order valence-electron chi connectivity index (χ3n) is 5.63. The summed E-state index contributed by atoms with van der Waals surface area (Å²) in [6.45, 7) is 2.56. The molecule has 2 N–H and O–H groups in total. The van der Waals surface area contributed by atoms with Gasteiger partial charge in [-0.1, -0.05) is 0 Å². The Labute approximate surface area is 165 Å². The average molecular weight is 397 g/mol. The van der Waals surface area contributed by atoms with Gasteiger partial charge in [0, 0.05) is 42.7 Å². The number of halogens is 2. The molecule has 0 unspecified atom stereocenters. The lowest BCUT2D eigenvalue weighted by atomic mass is 9.87. The number of aromatic nitrogens is 6. The lowest BCUT2D eigenvalue weighted by Gasteiger charge is -2.28. The summed E-state index contributed by atoms with van der Waals surface area (Å²) in [4.78, 5) is 16.4. The summed E-state index contributed by atoms with van der Waals surface area (Å²) in [7, 11) is 0. The summed E-state index contributed by atoms with van der Waals surface area (Å²) < 4.78 is 28.4. The second-order valence-corrected chi connectivity index (χ2v) is 7.73. The number of rotatable bonds is 4. The second kappa shape index (κ2) is 6.75. The van der Waals surface area contributed by atoms with Crippen LogP contribution in [0.2, 0.25) is 0 Å². The van der Waals surface area contributed by atoms with Crippen LogP contribution in [0.4, 0.5) is 14.7 Å². The molecule has 1 fully saturated rings. The van der Waals surface area contributed by atoms with E-state index in [1.165, 1.54) is 0 Å². The van der Waals surface area contributed by atoms with Crippen molar-refractivity contribution in [2.75, 3.05) is 11.9 Å². The number of nitrogens with one attached hydrogen (secondary N) is 2. The van der Waals surface area contributed by atoms with Gasteiger partial charge < -0.3 is 10.3 Å². The van der Waals surface area contributed by atoms with E-state index < -0.39 is 5.92 Å². The number of anilines is 1. The van der Waals surface area contributed by atoms with E-state index in [-0.39, 0.29) is 18.8 Å². The molecular formula is C20H21F2N7. The SMILES string of the molecule is Cc1cnc2ccc(-c3c[nH]c4nc(NCC5CCC(F)(F)CC5)ncc34)nn12. The summed E-state index contributed by atoms with van der Waals surface area (Å²) in [5.41, 5.74) is 4.18. The van der Waals surface area contributed by atoms with Crippen molar-refractivity contribution in [2.45, 2.75) is 38.5 Å². The Morgan fingerprint density at radius 2 is 2.03 bits per heavy atom. The van der Waals surface area contributed by atoms with Crippen molar-refractivity contribution in [3.8, 4) is 11.3 Å². The van der Waals surface area contributed by atoms with Crippen LogP contribution >= 0.6 is 0 Å². The van der Waals surface area contributed by atoms with Crippen LogP contribution in [-0.4, -0.2) is 42.0 Å². The van der Waals surface area contributed by atoms with E-state index in [9.17, 15) is 8.78 Å². The van der Waals surface area contributed by atoms with E-state index in [2.05, 4.69) is 30.4 Å². The minimum Gasteiger partial charge on any atom is -0.354 e. The van der Waals surface area contributed by atoms with E-state index in [0.29, 0.717) is 31.0 Å². The fourth-order valence-corrected chi connectivity index (χ4v) is 3.88. The zero-order valence-electron chi connectivity index (χ0n) is 16.0. The summed E-state index contributed by atoms with van der Waals surface area (Å²) in [6.07, 6.45) is 6.40. The number of alkyl halides is 2. The Morgan fingerprint density at radius 3 is 2.86 bits per heavy atom. The van der Waals surface area contributed by atoms with E-state index in [0.717, 1.165) is 28.0 Å². The fraction of sp³-hybridized carbons (Fsp3) is 0.400. The molecule has 0 aromatic carbocycles. The highest BCUT2D eigenvalue weighted by atomic mass is 19.3. The molecule has 4 aromatic rings. The molecule has 0 radical (unpaired) electrons. The Kier molecular flexibility index (Phi) is 4.18. The minimum atomic E-state index is -2.50. The molecule has 150 valence electrons. The molecule has 0 saturated heterocycles. The van der Waals surface area contributed by atoms with Gasteiger partial charge in [-0.3, -0.25) is 0 Å². The highest BCUT2D eigenvalue weighted by Gasteiger charge is 2.34. The van der Waals surface area contributed by atoms with Crippen LogP contribution in [0.3, 0.4) is 0 Å². The third kappa shape index (κ3) is 3.41. The smallest absolute Gasteiger partial charge is 0.248 e. The average Bonchev–Trinajstić information content (AvgIpc) is 3.30. The Bertz CT molecular complexity index is 1170. The predicted molar refractivity (Wildman–Crippen MR) is 106 cm³/mol. The van der Waals surface area contributed by atoms with E-state index >= 15 is 0 Å². The monoisotopic (exact) mass is 397 g/mol. The van der Waals surface area contributed by atoms with Crippen molar-refractivity contribution in [3.63, 3.8) is 0 Å². The molecule has 0 bridgehead atoms. The Hall–Kier alpha value is -3.10. The highest BCUT2D eigenvalue weighted by molar-refractivity contribution is 5.92. The van der Waals surface area contributed by atoms with Crippen molar-refractivity contribution in [1.29, 1.82) is 0 Å². The van der Waals surface area contributed by atoms with Crippen LogP contribution in [0.1, 0.15) is 31.4 Å². The molecule has 7 nitrogen and oxygen atoms in total. The van der Waals surface area contributed by atoms with Gasteiger partial charge in [0.05, 0.1) is 17.6 Å². The highest BCUT2D eigenvalue weighted by Crippen LogP contribution is 2.36. The third-order valence-corrected chi connectivity index (χ3v) is 5.63. The molecule has 4 aromatic heterocycles. The van der Waals surface area contributed by atoms with Crippen LogP contribution < -0.4 is 5.32 Å². The Morgan fingerprint density at radius 1 is 1.21 bits per heavy atom. The van der Waals surface area contributed by atoms with Gasteiger partial charge in [0.15, 0.2) is 5.65 Å². The van der Waals surface area contributed by atoms with E-state index in [4.69, 9.17) is 0 Å². The molecule has 0 atom stereocenters. The number of nitrogens with zero attached hydrogens (tertiary/aromatic N) is 5. The maximum atomic E-state index is 13.3. The first-order valence-corrected chi connectivity index (χ1v) is 9.76. The van der Waals surface area contributed by atoms with Gasteiger partial charge in [0.25, 0.3) is 0 Å². The standard InChI is InChI=1S/C20H21F2N7/c1-12-8-23-17-3-2-16(28-29(12)17)14-10-24-18-15(14)11-26-19(27-18)25-9-13-4-6-20(21,22)7-5-13/h2-3,8,10-11,13H,4-7,9H2,1H3,(H2,24,25,26,27). The van der Waals surface area contributed by atoms with Crippen LogP contribution in [0.15, 0.2) is 30.7 Å². The van der Waals surface area contributed by atoms with Crippen LogP contribution in [0, 0.1) is 12.8 Å². The molecular weight excluding hydrogens is 376 g/mol. The molecule has 1 saturated carbocycles.